The lowest BCUT2D eigenvalue weighted by Gasteiger charge is -2.35. The van der Waals surface area contributed by atoms with Crippen LogP contribution < -0.4 is 9.80 Å². The zero-order chi connectivity index (χ0) is 18.4. The van der Waals surface area contributed by atoms with Crippen molar-refractivity contribution >= 4 is 42.3 Å². The van der Waals surface area contributed by atoms with E-state index >= 15 is 0 Å². The van der Waals surface area contributed by atoms with Crippen LogP contribution in [0.1, 0.15) is 11.3 Å². The largest absolute Gasteiger partial charge is 0.352 e. The van der Waals surface area contributed by atoms with Gasteiger partial charge in [-0.1, -0.05) is 23.5 Å². The van der Waals surface area contributed by atoms with Gasteiger partial charge in [0.2, 0.25) is 0 Å². The highest BCUT2D eigenvalue weighted by molar-refractivity contribution is 7.90. The predicted octanol–water partition coefficient (Wildman–Crippen LogP) is 1.88. The van der Waals surface area contributed by atoms with Crippen LogP contribution in [0.3, 0.4) is 0 Å². The second kappa shape index (κ2) is 6.42. The van der Waals surface area contributed by atoms with Gasteiger partial charge in [-0.3, -0.25) is 0 Å². The third-order valence-electron chi connectivity index (χ3n) is 5.13. The van der Waals surface area contributed by atoms with Crippen molar-refractivity contribution in [2.24, 2.45) is 0 Å². The topological polar surface area (TPSA) is 79.3 Å². The van der Waals surface area contributed by atoms with Crippen LogP contribution in [0, 0.1) is 0 Å². The summed E-state index contributed by atoms with van der Waals surface area (Å²) in [5.41, 5.74) is 2.67. The summed E-state index contributed by atoms with van der Waals surface area (Å²) in [5.74, 6) is 1.03. The van der Waals surface area contributed by atoms with Gasteiger partial charge in [0, 0.05) is 32.6 Å². The van der Waals surface area contributed by atoms with Crippen molar-refractivity contribution in [1.29, 1.82) is 0 Å². The summed E-state index contributed by atoms with van der Waals surface area (Å²) in [5, 5.41) is 9.69. The number of rotatable bonds is 2. The van der Waals surface area contributed by atoms with Crippen molar-refractivity contribution in [2.75, 3.05) is 41.7 Å². The Morgan fingerprint density at radius 2 is 1.78 bits per heavy atom. The highest BCUT2D eigenvalue weighted by atomic mass is 32.2. The Kier molecular flexibility index (Phi) is 4.01. The van der Waals surface area contributed by atoms with Gasteiger partial charge in [0.1, 0.15) is 0 Å². The highest BCUT2D eigenvalue weighted by Crippen LogP contribution is 2.30. The van der Waals surface area contributed by atoms with E-state index in [0.717, 1.165) is 53.9 Å². The Morgan fingerprint density at radius 1 is 1.00 bits per heavy atom. The minimum Gasteiger partial charge on any atom is -0.352 e. The molecule has 2 aromatic heterocycles. The minimum atomic E-state index is -3.00. The number of thiazole rings is 1. The SMILES string of the molecule is O=S1(=O)CCc2nnc(N3CCN(c4nc5ccccc5s4)CC3)cc2C1. The Morgan fingerprint density at radius 3 is 2.59 bits per heavy atom. The first kappa shape index (κ1) is 16.9. The Hall–Kier alpha value is -2.26. The standard InChI is InChI=1S/C18H19N5O2S2/c24-27(25)10-5-14-13(12-27)11-17(21-20-14)22-6-8-23(9-7-22)18-19-15-3-1-2-4-16(15)26-18/h1-4,11H,5-10,12H2. The molecule has 0 spiro atoms. The third-order valence-corrected chi connectivity index (χ3v) is 7.80. The molecular weight excluding hydrogens is 382 g/mol. The van der Waals surface area contributed by atoms with E-state index in [1.165, 1.54) is 4.70 Å². The second-order valence-corrected chi connectivity index (χ2v) is 10.1. The zero-order valence-electron chi connectivity index (χ0n) is 14.7. The first-order valence-electron chi connectivity index (χ1n) is 8.99. The van der Waals surface area contributed by atoms with Crippen LogP contribution in [0.25, 0.3) is 10.2 Å². The zero-order valence-corrected chi connectivity index (χ0v) is 16.3. The molecule has 5 rings (SSSR count). The maximum Gasteiger partial charge on any atom is 0.186 e. The van der Waals surface area contributed by atoms with Gasteiger partial charge < -0.3 is 9.80 Å². The third kappa shape index (κ3) is 3.25. The van der Waals surface area contributed by atoms with Crippen LogP contribution in [-0.4, -0.2) is 55.5 Å². The van der Waals surface area contributed by atoms with E-state index in [2.05, 4.69) is 26.1 Å². The number of hydrogen-bond acceptors (Lipinski definition) is 8. The van der Waals surface area contributed by atoms with Crippen LogP contribution >= 0.6 is 11.3 Å². The number of para-hydroxylation sites is 1. The maximum absolute atomic E-state index is 11.9. The van der Waals surface area contributed by atoms with Crippen molar-refractivity contribution in [1.82, 2.24) is 15.2 Å². The summed E-state index contributed by atoms with van der Waals surface area (Å²) in [7, 11) is -3.00. The van der Waals surface area contributed by atoms with E-state index in [1.807, 2.05) is 24.3 Å². The van der Waals surface area contributed by atoms with E-state index in [0.29, 0.717) is 6.42 Å². The number of sulfone groups is 1. The number of aryl methyl sites for hydroxylation is 1. The van der Waals surface area contributed by atoms with Gasteiger partial charge in [-0.2, -0.15) is 5.10 Å². The van der Waals surface area contributed by atoms with Crippen LogP contribution in [0.15, 0.2) is 30.3 Å². The molecule has 0 saturated carbocycles. The predicted molar refractivity (Wildman–Crippen MR) is 107 cm³/mol. The average Bonchev–Trinajstić information content (AvgIpc) is 3.11. The van der Waals surface area contributed by atoms with Crippen LogP contribution in [0.4, 0.5) is 10.9 Å². The molecule has 0 N–H and O–H groups in total. The number of piperazine rings is 1. The summed E-state index contributed by atoms with van der Waals surface area (Å²) in [4.78, 5) is 9.22. The monoisotopic (exact) mass is 401 g/mol. The molecule has 7 nitrogen and oxygen atoms in total. The van der Waals surface area contributed by atoms with Crippen LogP contribution in [0.5, 0.6) is 0 Å². The van der Waals surface area contributed by atoms with Gasteiger partial charge in [-0.15, -0.1) is 5.10 Å². The Balaban J connectivity index is 1.32. The molecule has 2 aliphatic heterocycles. The van der Waals surface area contributed by atoms with Crippen LogP contribution in [0.2, 0.25) is 0 Å². The van der Waals surface area contributed by atoms with E-state index < -0.39 is 9.84 Å². The summed E-state index contributed by atoms with van der Waals surface area (Å²) in [6.07, 6.45) is 0.469. The smallest absolute Gasteiger partial charge is 0.186 e. The molecule has 1 saturated heterocycles. The van der Waals surface area contributed by atoms with Crippen molar-refractivity contribution in [2.45, 2.75) is 12.2 Å². The van der Waals surface area contributed by atoms with E-state index in [-0.39, 0.29) is 11.5 Å². The molecule has 2 aliphatic rings. The lowest BCUT2D eigenvalue weighted by atomic mass is 10.2. The van der Waals surface area contributed by atoms with Crippen molar-refractivity contribution < 1.29 is 8.42 Å². The first-order valence-corrected chi connectivity index (χ1v) is 11.6. The minimum absolute atomic E-state index is 0.0799. The quantitative estimate of drug-likeness (QED) is 0.649. The van der Waals surface area contributed by atoms with E-state index in [9.17, 15) is 8.42 Å². The normalized spacial score (nSPS) is 19.3. The molecule has 0 atom stereocenters. The molecule has 1 aromatic carbocycles. The van der Waals surface area contributed by atoms with Crippen molar-refractivity contribution in [3.05, 3.63) is 41.6 Å². The summed E-state index contributed by atoms with van der Waals surface area (Å²) in [6, 6.07) is 10.1. The van der Waals surface area contributed by atoms with Gasteiger partial charge in [0.05, 0.1) is 27.4 Å². The Bertz CT molecular complexity index is 1070. The number of nitrogens with zero attached hydrogens (tertiary/aromatic N) is 5. The molecule has 4 heterocycles. The molecule has 0 amide bonds. The fourth-order valence-corrected chi connectivity index (χ4v) is 6.01. The first-order chi connectivity index (χ1) is 13.1. The number of aromatic nitrogens is 3. The summed E-state index contributed by atoms with van der Waals surface area (Å²) >= 11 is 1.72. The van der Waals surface area contributed by atoms with Crippen molar-refractivity contribution in [3.8, 4) is 0 Å². The number of fused-ring (bicyclic) bond motifs is 2. The van der Waals surface area contributed by atoms with Gasteiger partial charge in [0.25, 0.3) is 0 Å². The summed E-state index contributed by atoms with van der Waals surface area (Å²) in [6.45, 7) is 3.35. The second-order valence-electron chi connectivity index (χ2n) is 6.95. The van der Waals surface area contributed by atoms with Crippen molar-refractivity contribution in [3.63, 3.8) is 0 Å². The molecule has 1 fully saturated rings. The van der Waals surface area contributed by atoms with Gasteiger partial charge in [-0.25, -0.2) is 13.4 Å². The molecule has 0 radical (unpaired) electrons. The molecule has 9 heteroatoms. The van der Waals surface area contributed by atoms with Gasteiger partial charge in [-0.05, 0) is 23.8 Å². The molecule has 27 heavy (non-hydrogen) atoms. The molecule has 140 valence electrons. The molecule has 0 aliphatic carbocycles. The maximum atomic E-state index is 11.9. The fraction of sp³-hybridized carbons (Fsp3) is 0.389. The van der Waals surface area contributed by atoms with Gasteiger partial charge >= 0.3 is 0 Å². The highest BCUT2D eigenvalue weighted by Gasteiger charge is 2.26. The number of anilines is 2. The van der Waals surface area contributed by atoms with Gasteiger partial charge in [0.15, 0.2) is 20.8 Å². The molecule has 0 bridgehead atoms. The molecule has 0 unspecified atom stereocenters. The lowest BCUT2D eigenvalue weighted by Crippen LogP contribution is -2.47. The average molecular weight is 402 g/mol. The molecular formula is C18H19N5O2S2. The number of benzene rings is 1. The number of hydrogen-bond donors (Lipinski definition) is 0. The summed E-state index contributed by atoms with van der Waals surface area (Å²) < 4.78 is 25.0. The van der Waals surface area contributed by atoms with E-state index in [1.54, 1.807) is 11.3 Å². The van der Waals surface area contributed by atoms with Crippen LogP contribution in [-0.2, 0) is 22.0 Å². The van der Waals surface area contributed by atoms with E-state index in [4.69, 9.17) is 4.98 Å². The Labute approximate surface area is 161 Å². The lowest BCUT2D eigenvalue weighted by molar-refractivity contribution is 0.589. The fourth-order valence-electron chi connectivity index (χ4n) is 3.62. The molecule has 3 aromatic rings.